The van der Waals surface area contributed by atoms with Gasteiger partial charge in [0.1, 0.15) is 6.33 Å². The van der Waals surface area contributed by atoms with Crippen molar-refractivity contribution in [1.82, 2.24) is 9.97 Å². The van der Waals surface area contributed by atoms with Gasteiger partial charge in [0.05, 0.1) is 23.1 Å². The summed E-state index contributed by atoms with van der Waals surface area (Å²) >= 11 is 0. The Balaban J connectivity index is 2.52. The molecule has 1 heterocycles. The Morgan fingerprint density at radius 1 is 1.20 bits per heavy atom. The maximum absolute atomic E-state index is 13.0. The van der Waals surface area contributed by atoms with Crippen LogP contribution in [-0.2, 0) is 6.18 Å². The minimum absolute atomic E-state index is 0.0157. The number of halogens is 3. The predicted molar refractivity (Wildman–Crippen MR) is 70.0 cm³/mol. The lowest BCUT2D eigenvalue weighted by atomic mass is 10.0. The molecule has 0 atom stereocenters. The number of hydrogen-bond acceptors (Lipinski definition) is 4. The summed E-state index contributed by atoms with van der Waals surface area (Å²) in [6.45, 7) is 0.782. The maximum atomic E-state index is 13.0. The average molecular weight is 282 g/mol. The molecule has 0 saturated carbocycles. The molecule has 7 heteroatoms. The van der Waals surface area contributed by atoms with Crippen LogP contribution < -0.4 is 11.1 Å². The molecule has 0 spiro atoms. The Morgan fingerprint density at radius 3 is 2.65 bits per heavy atom. The van der Waals surface area contributed by atoms with E-state index in [1.165, 1.54) is 24.7 Å². The first-order valence-corrected chi connectivity index (χ1v) is 5.94. The molecule has 1 aromatic carbocycles. The molecule has 0 aliphatic rings. The number of hydrogen-bond donors (Lipinski definition) is 2. The summed E-state index contributed by atoms with van der Waals surface area (Å²) in [5.74, 6) is 0. The molecule has 106 valence electrons. The normalized spacial score (nSPS) is 11.4. The van der Waals surface area contributed by atoms with Crippen molar-refractivity contribution < 1.29 is 13.2 Å². The fourth-order valence-electron chi connectivity index (χ4n) is 1.82. The second kappa shape index (κ2) is 5.87. The summed E-state index contributed by atoms with van der Waals surface area (Å²) in [5.41, 5.74) is 5.30. The molecule has 0 aliphatic carbocycles. The molecule has 20 heavy (non-hydrogen) atoms. The largest absolute Gasteiger partial charge is 0.417 e. The van der Waals surface area contributed by atoms with Crippen LogP contribution in [-0.4, -0.2) is 23.1 Å². The SMILES string of the molecule is NCCNc1cncnc1-c1ccccc1C(F)(F)F. The summed E-state index contributed by atoms with van der Waals surface area (Å²) in [5, 5.41) is 2.92. The van der Waals surface area contributed by atoms with Crippen LogP contribution in [0.5, 0.6) is 0 Å². The van der Waals surface area contributed by atoms with E-state index in [1.54, 1.807) is 6.07 Å². The summed E-state index contributed by atoms with van der Waals surface area (Å²) in [7, 11) is 0. The van der Waals surface area contributed by atoms with Gasteiger partial charge in [0.15, 0.2) is 0 Å². The summed E-state index contributed by atoms with van der Waals surface area (Å²) < 4.78 is 39.1. The van der Waals surface area contributed by atoms with Crippen LogP contribution >= 0.6 is 0 Å². The van der Waals surface area contributed by atoms with E-state index in [4.69, 9.17) is 5.73 Å². The van der Waals surface area contributed by atoms with Gasteiger partial charge in [-0.1, -0.05) is 18.2 Å². The van der Waals surface area contributed by atoms with E-state index in [0.29, 0.717) is 18.8 Å². The molecular formula is C13H13F3N4. The van der Waals surface area contributed by atoms with Gasteiger partial charge in [-0.3, -0.25) is 0 Å². The van der Waals surface area contributed by atoms with Gasteiger partial charge in [-0.2, -0.15) is 13.2 Å². The molecular weight excluding hydrogens is 269 g/mol. The van der Waals surface area contributed by atoms with Crippen LogP contribution in [0.15, 0.2) is 36.8 Å². The first kappa shape index (κ1) is 14.3. The Hall–Kier alpha value is -2.15. The van der Waals surface area contributed by atoms with Gasteiger partial charge in [0.25, 0.3) is 0 Å². The molecule has 0 radical (unpaired) electrons. The number of nitrogens with one attached hydrogen (secondary N) is 1. The predicted octanol–water partition coefficient (Wildman–Crippen LogP) is 2.53. The van der Waals surface area contributed by atoms with Gasteiger partial charge < -0.3 is 11.1 Å². The zero-order valence-corrected chi connectivity index (χ0v) is 10.5. The highest BCUT2D eigenvalue weighted by molar-refractivity contribution is 5.76. The van der Waals surface area contributed by atoms with Crippen LogP contribution in [0.2, 0.25) is 0 Å². The van der Waals surface area contributed by atoms with E-state index in [0.717, 1.165) is 6.07 Å². The van der Waals surface area contributed by atoms with Gasteiger partial charge in [-0.05, 0) is 6.07 Å². The van der Waals surface area contributed by atoms with Crippen LogP contribution in [0.3, 0.4) is 0 Å². The van der Waals surface area contributed by atoms with Gasteiger partial charge in [0.2, 0.25) is 0 Å². The lowest BCUT2D eigenvalue weighted by Gasteiger charge is -2.15. The summed E-state index contributed by atoms with van der Waals surface area (Å²) in [6.07, 6.45) is -1.78. The first-order chi connectivity index (χ1) is 9.54. The standard InChI is InChI=1S/C13H13F3N4/c14-13(15,16)10-4-2-1-3-9(10)12-11(19-6-5-17)7-18-8-20-12/h1-4,7-8,19H,5-6,17H2. The van der Waals surface area contributed by atoms with Crippen molar-refractivity contribution in [1.29, 1.82) is 0 Å². The summed E-state index contributed by atoms with van der Waals surface area (Å²) in [6, 6.07) is 5.31. The monoisotopic (exact) mass is 282 g/mol. The molecule has 4 nitrogen and oxygen atoms in total. The third-order valence-corrected chi connectivity index (χ3v) is 2.66. The fourth-order valence-corrected chi connectivity index (χ4v) is 1.82. The highest BCUT2D eigenvalue weighted by atomic mass is 19.4. The van der Waals surface area contributed by atoms with E-state index in [9.17, 15) is 13.2 Å². The van der Waals surface area contributed by atoms with Crippen molar-refractivity contribution in [3.05, 3.63) is 42.4 Å². The number of nitrogens with two attached hydrogens (primary N) is 1. The minimum atomic E-state index is -4.44. The van der Waals surface area contributed by atoms with Crippen molar-refractivity contribution in [3.8, 4) is 11.3 Å². The number of benzene rings is 1. The highest BCUT2D eigenvalue weighted by Gasteiger charge is 2.34. The second-order valence-electron chi connectivity index (χ2n) is 4.04. The molecule has 0 amide bonds. The number of rotatable bonds is 4. The lowest BCUT2D eigenvalue weighted by molar-refractivity contribution is -0.137. The Bertz CT molecular complexity index is 584. The van der Waals surface area contributed by atoms with Crippen molar-refractivity contribution >= 4 is 5.69 Å². The summed E-state index contributed by atoms with van der Waals surface area (Å²) in [4.78, 5) is 7.78. The molecule has 1 aromatic heterocycles. The molecule has 2 aromatic rings. The fraction of sp³-hybridized carbons (Fsp3) is 0.231. The third kappa shape index (κ3) is 3.05. The zero-order chi connectivity index (χ0) is 14.6. The number of anilines is 1. The molecule has 2 rings (SSSR count). The quantitative estimate of drug-likeness (QED) is 0.904. The maximum Gasteiger partial charge on any atom is 0.417 e. The van der Waals surface area contributed by atoms with Crippen molar-refractivity contribution in [2.24, 2.45) is 5.73 Å². The average Bonchev–Trinajstić information content (AvgIpc) is 2.44. The van der Waals surface area contributed by atoms with Crippen molar-refractivity contribution in [2.45, 2.75) is 6.18 Å². The number of nitrogens with zero attached hydrogens (tertiary/aromatic N) is 2. The van der Waals surface area contributed by atoms with E-state index < -0.39 is 11.7 Å². The second-order valence-corrected chi connectivity index (χ2v) is 4.04. The van der Waals surface area contributed by atoms with E-state index in [2.05, 4.69) is 15.3 Å². The smallest absolute Gasteiger partial charge is 0.381 e. The molecule has 0 saturated heterocycles. The van der Waals surface area contributed by atoms with Gasteiger partial charge in [0, 0.05) is 18.7 Å². The van der Waals surface area contributed by atoms with Gasteiger partial charge in [-0.15, -0.1) is 0 Å². The van der Waals surface area contributed by atoms with Crippen molar-refractivity contribution in [3.63, 3.8) is 0 Å². The topological polar surface area (TPSA) is 63.8 Å². The van der Waals surface area contributed by atoms with E-state index in [1.807, 2.05) is 0 Å². The molecule has 0 unspecified atom stereocenters. The minimum Gasteiger partial charge on any atom is -0.381 e. The molecule has 0 bridgehead atoms. The van der Waals surface area contributed by atoms with Crippen LogP contribution in [0.25, 0.3) is 11.3 Å². The van der Waals surface area contributed by atoms with Crippen LogP contribution in [0.1, 0.15) is 5.56 Å². The van der Waals surface area contributed by atoms with E-state index in [-0.39, 0.29) is 11.3 Å². The van der Waals surface area contributed by atoms with Gasteiger partial charge in [-0.25, -0.2) is 9.97 Å². The van der Waals surface area contributed by atoms with E-state index >= 15 is 0 Å². The Kier molecular flexibility index (Phi) is 4.19. The third-order valence-electron chi connectivity index (χ3n) is 2.66. The Labute approximate surface area is 113 Å². The number of aromatic nitrogens is 2. The molecule has 3 N–H and O–H groups in total. The highest BCUT2D eigenvalue weighted by Crippen LogP contribution is 2.38. The van der Waals surface area contributed by atoms with Crippen LogP contribution in [0.4, 0.5) is 18.9 Å². The Morgan fingerprint density at radius 2 is 1.95 bits per heavy atom. The van der Waals surface area contributed by atoms with Crippen LogP contribution in [0, 0.1) is 0 Å². The van der Waals surface area contributed by atoms with Crippen molar-refractivity contribution in [2.75, 3.05) is 18.4 Å². The lowest BCUT2D eigenvalue weighted by Crippen LogP contribution is -2.15. The molecule has 0 aliphatic heterocycles. The molecule has 0 fully saturated rings. The number of alkyl halides is 3. The van der Waals surface area contributed by atoms with Gasteiger partial charge >= 0.3 is 6.18 Å². The zero-order valence-electron chi connectivity index (χ0n) is 10.5. The first-order valence-electron chi connectivity index (χ1n) is 5.94.